The van der Waals surface area contributed by atoms with Crippen molar-refractivity contribution in [2.45, 2.75) is 25.4 Å². The Morgan fingerprint density at radius 3 is 2.93 bits per heavy atom. The maximum Gasteiger partial charge on any atom is 0.0823 e. The molecule has 0 radical (unpaired) electrons. The molecule has 15 heavy (non-hydrogen) atoms. The van der Waals surface area contributed by atoms with Gasteiger partial charge in [0.2, 0.25) is 0 Å². The largest absolute Gasteiger partial charge is 0.388 e. The first-order valence-corrected chi connectivity index (χ1v) is 6.65. The SMILES string of the molecule is Cn1cc(C(O)CC2CCSCC2)cn1. The highest BCUT2D eigenvalue weighted by Gasteiger charge is 2.19. The van der Waals surface area contributed by atoms with Gasteiger partial charge in [-0.1, -0.05) is 0 Å². The number of aliphatic hydroxyl groups excluding tert-OH is 1. The maximum atomic E-state index is 10.0. The smallest absolute Gasteiger partial charge is 0.0823 e. The van der Waals surface area contributed by atoms with Gasteiger partial charge in [-0.05, 0) is 36.7 Å². The Kier molecular flexibility index (Phi) is 3.70. The zero-order valence-electron chi connectivity index (χ0n) is 9.09. The van der Waals surface area contributed by atoms with Gasteiger partial charge in [0.1, 0.15) is 0 Å². The summed E-state index contributed by atoms with van der Waals surface area (Å²) in [5, 5.41) is 14.1. The summed E-state index contributed by atoms with van der Waals surface area (Å²) in [6, 6.07) is 0. The molecule has 1 aliphatic rings. The average molecular weight is 226 g/mol. The van der Waals surface area contributed by atoms with Crippen LogP contribution in [0.4, 0.5) is 0 Å². The average Bonchev–Trinajstić information content (AvgIpc) is 2.66. The van der Waals surface area contributed by atoms with Crippen LogP contribution in [0.3, 0.4) is 0 Å². The molecule has 3 nitrogen and oxygen atoms in total. The molecule has 1 aliphatic heterocycles. The molecule has 0 amide bonds. The third-order valence-electron chi connectivity index (χ3n) is 3.01. The third kappa shape index (κ3) is 2.98. The van der Waals surface area contributed by atoms with Crippen molar-refractivity contribution in [3.63, 3.8) is 0 Å². The molecule has 0 aromatic carbocycles. The molecule has 0 spiro atoms. The van der Waals surface area contributed by atoms with Crippen molar-refractivity contribution in [1.82, 2.24) is 9.78 Å². The molecular weight excluding hydrogens is 208 g/mol. The van der Waals surface area contributed by atoms with Gasteiger partial charge in [-0.25, -0.2) is 0 Å². The topological polar surface area (TPSA) is 38.0 Å². The van der Waals surface area contributed by atoms with Gasteiger partial charge in [-0.15, -0.1) is 0 Å². The van der Waals surface area contributed by atoms with Crippen LogP contribution < -0.4 is 0 Å². The molecule has 2 rings (SSSR count). The minimum absolute atomic E-state index is 0.327. The maximum absolute atomic E-state index is 10.0. The molecule has 1 atom stereocenters. The van der Waals surface area contributed by atoms with Crippen LogP contribution in [0.25, 0.3) is 0 Å². The number of aryl methyl sites for hydroxylation is 1. The zero-order chi connectivity index (χ0) is 10.7. The van der Waals surface area contributed by atoms with Crippen LogP contribution in [0.5, 0.6) is 0 Å². The fraction of sp³-hybridized carbons (Fsp3) is 0.727. The monoisotopic (exact) mass is 226 g/mol. The van der Waals surface area contributed by atoms with E-state index in [-0.39, 0.29) is 6.10 Å². The second-order valence-electron chi connectivity index (χ2n) is 4.25. The van der Waals surface area contributed by atoms with Crippen LogP contribution in [0.2, 0.25) is 0 Å². The summed E-state index contributed by atoms with van der Waals surface area (Å²) >= 11 is 2.03. The second-order valence-corrected chi connectivity index (χ2v) is 5.48. The number of thioether (sulfide) groups is 1. The minimum atomic E-state index is -0.327. The van der Waals surface area contributed by atoms with Gasteiger partial charge in [0.05, 0.1) is 12.3 Å². The van der Waals surface area contributed by atoms with Gasteiger partial charge in [0, 0.05) is 18.8 Å². The number of aliphatic hydroxyl groups is 1. The summed E-state index contributed by atoms with van der Waals surface area (Å²) in [5.74, 6) is 3.20. The Morgan fingerprint density at radius 2 is 2.33 bits per heavy atom. The van der Waals surface area contributed by atoms with Crippen molar-refractivity contribution >= 4 is 11.8 Å². The number of hydrogen-bond acceptors (Lipinski definition) is 3. The Hall–Kier alpha value is -0.480. The summed E-state index contributed by atoms with van der Waals surface area (Å²) in [6.07, 6.45) is 6.74. The van der Waals surface area contributed by atoms with E-state index in [0.29, 0.717) is 5.92 Å². The van der Waals surface area contributed by atoms with Crippen LogP contribution in [0.1, 0.15) is 30.9 Å². The highest BCUT2D eigenvalue weighted by atomic mass is 32.2. The van der Waals surface area contributed by atoms with Gasteiger partial charge >= 0.3 is 0 Å². The molecule has 0 saturated carbocycles. The van der Waals surface area contributed by atoms with Gasteiger partial charge in [-0.3, -0.25) is 4.68 Å². The standard InChI is InChI=1S/C11H18N2OS/c1-13-8-10(7-12-13)11(14)6-9-2-4-15-5-3-9/h7-9,11,14H,2-6H2,1H3. The normalized spacial score (nSPS) is 20.4. The van der Waals surface area contributed by atoms with Crippen LogP contribution in [-0.2, 0) is 7.05 Å². The Labute approximate surface area is 94.9 Å². The fourth-order valence-corrected chi connectivity index (χ4v) is 3.25. The molecule has 1 fully saturated rings. The number of nitrogens with zero attached hydrogens (tertiary/aromatic N) is 2. The molecule has 0 bridgehead atoms. The van der Waals surface area contributed by atoms with Crippen molar-refractivity contribution in [3.05, 3.63) is 18.0 Å². The van der Waals surface area contributed by atoms with Gasteiger partial charge in [0.25, 0.3) is 0 Å². The lowest BCUT2D eigenvalue weighted by Crippen LogP contribution is -2.13. The minimum Gasteiger partial charge on any atom is -0.388 e. The van der Waals surface area contributed by atoms with E-state index >= 15 is 0 Å². The summed E-state index contributed by atoms with van der Waals surface area (Å²) in [5.41, 5.74) is 0.954. The van der Waals surface area contributed by atoms with Crippen molar-refractivity contribution in [1.29, 1.82) is 0 Å². The molecule has 1 saturated heterocycles. The first kappa shape index (κ1) is 11.0. The van der Waals surface area contributed by atoms with E-state index in [2.05, 4.69) is 5.10 Å². The first-order valence-electron chi connectivity index (χ1n) is 5.50. The predicted octanol–water partition coefficient (Wildman–Crippen LogP) is 1.99. The number of aromatic nitrogens is 2. The lowest BCUT2D eigenvalue weighted by Gasteiger charge is -2.23. The Bertz CT molecular complexity index is 307. The summed E-state index contributed by atoms with van der Waals surface area (Å²) in [4.78, 5) is 0. The van der Waals surface area contributed by atoms with Gasteiger partial charge in [-0.2, -0.15) is 16.9 Å². The van der Waals surface area contributed by atoms with Gasteiger partial charge < -0.3 is 5.11 Å². The van der Waals surface area contributed by atoms with E-state index in [1.165, 1.54) is 24.3 Å². The van der Waals surface area contributed by atoms with Crippen LogP contribution in [0, 0.1) is 5.92 Å². The molecule has 1 N–H and O–H groups in total. The molecule has 2 heterocycles. The predicted molar refractivity (Wildman–Crippen MR) is 62.8 cm³/mol. The second kappa shape index (κ2) is 5.03. The Balaban J connectivity index is 1.88. The lowest BCUT2D eigenvalue weighted by molar-refractivity contribution is 0.141. The summed E-state index contributed by atoms with van der Waals surface area (Å²) in [6.45, 7) is 0. The molecule has 1 unspecified atom stereocenters. The molecular formula is C11H18N2OS. The van der Waals surface area contributed by atoms with Crippen LogP contribution in [-0.4, -0.2) is 26.4 Å². The zero-order valence-corrected chi connectivity index (χ0v) is 9.91. The highest BCUT2D eigenvalue weighted by Crippen LogP contribution is 2.30. The number of hydrogen-bond donors (Lipinski definition) is 1. The molecule has 0 aliphatic carbocycles. The van der Waals surface area contributed by atoms with E-state index in [1.807, 2.05) is 25.0 Å². The van der Waals surface area contributed by atoms with Crippen LogP contribution in [0.15, 0.2) is 12.4 Å². The van der Waals surface area contributed by atoms with E-state index in [1.54, 1.807) is 10.9 Å². The van der Waals surface area contributed by atoms with E-state index < -0.39 is 0 Å². The first-order chi connectivity index (χ1) is 7.25. The van der Waals surface area contributed by atoms with Crippen molar-refractivity contribution in [3.8, 4) is 0 Å². The number of rotatable bonds is 3. The Morgan fingerprint density at radius 1 is 1.60 bits per heavy atom. The third-order valence-corrected chi connectivity index (χ3v) is 4.06. The highest BCUT2D eigenvalue weighted by molar-refractivity contribution is 7.99. The van der Waals surface area contributed by atoms with E-state index in [0.717, 1.165) is 12.0 Å². The van der Waals surface area contributed by atoms with E-state index in [9.17, 15) is 5.11 Å². The lowest BCUT2D eigenvalue weighted by atomic mass is 9.93. The molecule has 4 heteroatoms. The van der Waals surface area contributed by atoms with E-state index in [4.69, 9.17) is 0 Å². The van der Waals surface area contributed by atoms with Crippen molar-refractivity contribution < 1.29 is 5.11 Å². The molecule has 1 aromatic heterocycles. The summed E-state index contributed by atoms with van der Waals surface area (Å²) in [7, 11) is 1.88. The summed E-state index contributed by atoms with van der Waals surface area (Å²) < 4.78 is 1.75. The van der Waals surface area contributed by atoms with Crippen molar-refractivity contribution in [2.75, 3.05) is 11.5 Å². The fourth-order valence-electron chi connectivity index (χ4n) is 2.05. The van der Waals surface area contributed by atoms with Crippen molar-refractivity contribution in [2.24, 2.45) is 13.0 Å². The molecule has 1 aromatic rings. The van der Waals surface area contributed by atoms with Crippen LogP contribution >= 0.6 is 11.8 Å². The quantitative estimate of drug-likeness (QED) is 0.856. The molecule has 84 valence electrons. The van der Waals surface area contributed by atoms with Gasteiger partial charge in [0.15, 0.2) is 0 Å².